The molecule has 0 saturated carbocycles. The van der Waals surface area contributed by atoms with Crippen molar-refractivity contribution in [3.8, 4) is 11.5 Å². The average molecular weight is 330 g/mol. The largest absolute Gasteiger partial charge is 0.454 e. The number of ether oxygens (including phenoxy) is 2. The van der Waals surface area contributed by atoms with Crippen LogP contribution < -0.4 is 14.8 Å². The third kappa shape index (κ3) is 3.46. The molecule has 5 nitrogen and oxygen atoms in total. The van der Waals surface area contributed by atoms with Crippen LogP contribution >= 0.6 is 0 Å². The van der Waals surface area contributed by atoms with Crippen LogP contribution in [0.25, 0.3) is 0 Å². The number of carbonyl (C=O) groups is 1. The third-order valence-corrected chi connectivity index (χ3v) is 4.02. The number of likely N-dealkylation sites (tertiary alicyclic amines) is 1. The zero-order valence-corrected chi connectivity index (χ0v) is 12.4. The molecule has 2 amide bonds. The number of benzene rings is 1. The summed E-state index contributed by atoms with van der Waals surface area (Å²) in [4.78, 5) is 13.0. The van der Waals surface area contributed by atoms with Gasteiger partial charge in [0, 0.05) is 13.1 Å². The summed E-state index contributed by atoms with van der Waals surface area (Å²) >= 11 is 0. The van der Waals surface area contributed by atoms with Crippen molar-refractivity contribution in [3.63, 3.8) is 0 Å². The Hall–Kier alpha value is -2.12. The monoisotopic (exact) mass is 330 g/mol. The molecule has 126 valence electrons. The van der Waals surface area contributed by atoms with E-state index in [0.717, 1.165) is 10.5 Å². The quantitative estimate of drug-likeness (QED) is 0.907. The van der Waals surface area contributed by atoms with Gasteiger partial charge in [-0.25, -0.2) is 4.79 Å². The van der Waals surface area contributed by atoms with Gasteiger partial charge >= 0.3 is 12.2 Å². The van der Waals surface area contributed by atoms with Gasteiger partial charge in [-0.1, -0.05) is 6.07 Å². The van der Waals surface area contributed by atoms with E-state index in [4.69, 9.17) is 9.47 Å². The van der Waals surface area contributed by atoms with Gasteiger partial charge in [-0.15, -0.1) is 0 Å². The second-order valence-corrected chi connectivity index (χ2v) is 5.59. The van der Waals surface area contributed by atoms with E-state index in [1.54, 1.807) is 18.2 Å². The first kappa shape index (κ1) is 15.8. The van der Waals surface area contributed by atoms with Gasteiger partial charge in [0.25, 0.3) is 0 Å². The summed E-state index contributed by atoms with van der Waals surface area (Å²) < 4.78 is 49.5. The highest BCUT2D eigenvalue weighted by atomic mass is 19.4. The fourth-order valence-corrected chi connectivity index (χ4v) is 2.85. The second-order valence-electron chi connectivity index (χ2n) is 5.59. The fourth-order valence-electron chi connectivity index (χ4n) is 2.85. The number of carbonyl (C=O) groups excluding carboxylic acids is 1. The molecule has 1 aromatic carbocycles. The lowest BCUT2D eigenvalue weighted by molar-refractivity contribution is -0.182. The number of urea groups is 1. The Bertz CT molecular complexity index is 592. The van der Waals surface area contributed by atoms with Crippen molar-refractivity contribution in [2.24, 2.45) is 0 Å². The van der Waals surface area contributed by atoms with Crippen LogP contribution in [-0.4, -0.2) is 36.5 Å². The smallest absolute Gasteiger partial charge is 0.408 e. The number of halogens is 3. The van der Waals surface area contributed by atoms with Gasteiger partial charge in [-0.2, -0.15) is 13.2 Å². The standard InChI is InChI=1S/C15H17F3N2O3/c16-15(17,18)13-3-1-2-6-20(13)14(21)19-8-10-4-5-11-12(7-10)23-9-22-11/h4-5,7,13H,1-3,6,8-9H2,(H,19,21). The van der Waals surface area contributed by atoms with E-state index in [0.29, 0.717) is 24.3 Å². The molecule has 1 atom stereocenters. The fraction of sp³-hybridized carbons (Fsp3) is 0.533. The van der Waals surface area contributed by atoms with Gasteiger partial charge in [-0.05, 0) is 37.0 Å². The van der Waals surface area contributed by atoms with Crippen LogP contribution in [0.3, 0.4) is 0 Å². The van der Waals surface area contributed by atoms with E-state index < -0.39 is 18.2 Å². The van der Waals surface area contributed by atoms with Gasteiger partial charge in [0.15, 0.2) is 11.5 Å². The van der Waals surface area contributed by atoms with Gasteiger partial charge in [-0.3, -0.25) is 0 Å². The number of rotatable bonds is 2. The van der Waals surface area contributed by atoms with Crippen molar-refractivity contribution < 1.29 is 27.4 Å². The molecule has 2 aliphatic heterocycles. The molecule has 3 rings (SSSR count). The molecule has 0 aliphatic carbocycles. The van der Waals surface area contributed by atoms with E-state index in [-0.39, 0.29) is 26.3 Å². The molecule has 2 heterocycles. The molecule has 0 spiro atoms. The molecule has 0 aromatic heterocycles. The summed E-state index contributed by atoms with van der Waals surface area (Å²) in [6.07, 6.45) is -3.36. The Morgan fingerprint density at radius 3 is 2.83 bits per heavy atom. The normalized spacial score (nSPS) is 20.5. The van der Waals surface area contributed by atoms with Crippen molar-refractivity contribution >= 4 is 6.03 Å². The SMILES string of the molecule is O=C(NCc1ccc2c(c1)OCO2)N1CCCCC1C(F)(F)F. The maximum Gasteiger partial charge on any atom is 0.408 e. The zero-order chi connectivity index (χ0) is 16.4. The van der Waals surface area contributed by atoms with Crippen molar-refractivity contribution in [2.45, 2.75) is 38.0 Å². The van der Waals surface area contributed by atoms with E-state index >= 15 is 0 Å². The number of amides is 2. The predicted molar refractivity (Wildman–Crippen MR) is 75.2 cm³/mol. The number of hydrogen-bond donors (Lipinski definition) is 1. The van der Waals surface area contributed by atoms with Crippen LogP contribution in [0.2, 0.25) is 0 Å². The van der Waals surface area contributed by atoms with Crippen LogP contribution in [0, 0.1) is 0 Å². The van der Waals surface area contributed by atoms with E-state index in [1.165, 1.54) is 0 Å². The molecule has 2 aliphatic rings. The van der Waals surface area contributed by atoms with Crippen LogP contribution in [0.1, 0.15) is 24.8 Å². The first-order valence-corrected chi connectivity index (χ1v) is 7.45. The minimum atomic E-state index is -4.39. The molecule has 1 N–H and O–H groups in total. The number of hydrogen-bond acceptors (Lipinski definition) is 3. The lowest BCUT2D eigenvalue weighted by atomic mass is 10.0. The number of alkyl halides is 3. The highest BCUT2D eigenvalue weighted by Crippen LogP contribution is 2.33. The van der Waals surface area contributed by atoms with Crippen molar-refractivity contribution in [1.82, 2.24) is 10.2 Å². The topological polar surface area (TPSA) is 50.8 Å². The lowest BCUT2D eigenvalue weighted by Crippen LogP contribution is -2.54. The molecular weight excluding hydrogens is 313 g/mol. The van der Waals surface area contributed by atoms with E-state index in [1.807, 2.05) is 0 Å². The predicted octanol–water partition coefficient (Wildman–Crippen LogP) is 3.04. The maximum absolute atomic E-state index is 13.0. The van der Waals surface area contributed by atoms with Crippen molar-refractivity contribution in [3.05, 3.63) is 23.8 Å². The molecular formula is C15H17F3N2O3. The minimum Gasteiger partial charge on any atom is -0.454 e. The van der Waals surface area contributed by atoms with Crippen LogP contribution in [0.15, 0.2) is 18.2 Å². The minimum absolute atomic E-state index is 0.0407. The summed E-state index contributed by atoms with van der Waals surface area (Å²) in [5.41, 5.74) is 0.739. The van der Waals surface area contributed by atoms with Crippen LogP contribution in [0.4, 0.5) is 18.0 Å². The Labute approximate surface area is 131 Å². The van der Waals surface area contributed by atoms with Crippen LogP contribution in [-0.2, 0) is 6.54 Å². The number of piperidine rings is 1. The Morgan fingerprint density at radius 1 is 1.26 bits per heavy atom. The first-order valence-electron chi connectivity index (χ1n) is 7.45. The van der Waals surface area contributed by atoms with Gasteiger partial charge < -0.3 is 19.7 Å². The molecule has 1 unspecified atom stereocenters. The number of fused-ring (bicyclic) bond motifs is 1. The Balaban J connectivity index is 1.62. The molecule has 0 bridgehead atoms. The molecule has 1 fully saturated rings. The zero-order valence-electron chi connectivity index (χ0n) is 12.4. The maximum atomic E-state index is 13.0. The summed E-state index contributed by atoms with van der Waals surface area (Å²) in [7, 11) is 0. The number of nitrogens with zero attached hydrogens (tertiary/aromatic N) is 1. The summed E-state index contributed by atoms with van der Waals surface area (Å²) in [6, 6.07) is 2.77. The molecule has 1 saturated heterocycles. The summed E-state index contributed by atoms with van der Waals surface area (Å²) in [6.45, 7) is 0.403. The average Bonchev–Trinajstić information content (AvgIpc) is 2.99. The Kier molecular flexibility index (Phi) is 4.23. The molecule has 1 aromatic rings. The van der Waals surface area contributed by atoms with Gasteiger partial charge in [0.1, 0.15) is 6.04 Å². The summed E-state index contributed by atoms with van der Waals surface area (Å²) in [5.74, 6) is 1.19. The lowest BCUT2D eigenvalue weighted by Gasteiger charge is -2.36. The third-order valence-electron chi connectivity index (χ3n) is 4.02. The van der Waals surface area contributed by atoms with Crippen molar-refractivity contribution in [2.75, 3.05) is 13.3 Å². The Morgan fingerprint density at radius 2 is 2.04 bits per heavy atom. The van der Waals surface area contributed by atoms with E-state index in [9.17, 15) is 18.0 Å². The van der Waals surface area contributed by atoms with E-state index in [2.05, 4.69) is 5.32 Å². The summed E-state index contributed by atoms with van der Waals surface area (Å²) in [5, 5.41) is 2.55. The first-order chi connectivity index (χ1) is 10.9. The second kappa shape index (κ2) is 6.17. The van der Waals surface area contributed by atoms with Crippen LogP contribution in [0.5, 0.6) is 11.5 Å². The van der Waals surface area contributed by atoms with Gasteiger partial charge in [0.2, 0.25) is 6.79 Å². The van der Waals surface area contributed by atoms with Gasteiger partial charge in [0.05, 0.1) is 0 Å². The highest BCUT2D eigenvalue weighted by Gasteiger charge is 2.46. The highest BCUT2D eigenvalue weighted by molar-refractivity contribution is 5.74. The molecule has 8 heteroatoms. The molecule has 23 heavy (non-hydrogen) atoms. The number of nitrogens with one attached hydrogen (secondary N) is 1. The molecule has 0 radical (unpaired) electrons. The van der Waals surface area contributed by atoms with Crippen molar-refractivity contribution in [1.29, 1.82) is 0 Å².